The van der Waals surface area contributed by atoms with Gasteiger partial charge in [-0.2, -0.15) is 8.42 Å². The normalized spacial score (nSPS) is 11.3. The van der Waals surface area contributed by atoms with E-state index in [-0.39, 0.29) is 17.7 Å². The Morgan fingerprint density at radius 3 is 2.55 bits per heavy atom. The van der Waals surface area contributed by atoms with Crippen LogP contribution in [0.1, 0.15) is 16.7 Å². The number of ether oxygens (including phenoxy) is 1. The summed E-state index contributed by atoms with van der Waals surface area (Å²) < 4.78 is 61.5. The highest BCUT2D eigenvalue weighted by atomic mass is 32.2. The van der Waals surface area contributed by atoms with Crippen molar-refractivity contribution in [2.75, 3.05) is 24.2 Å². The summed E-state index contributed by atoms with van der Waals surface area (Å²) in [5.41, 5.74) is 2.42. The smallest absolute Gasteiger partial charge is 0.300 e. The van der Waals surface area contributed by atoms with Crippen LogP contribution in [-0.2, 0) is 16.6 Å². The molecule has 3 N–H and O–H groups in total. The van der Waals surface area contributed by atoms with E-state index in [9.17, 15) is 17.2 Å². The van der Waals surface area contributed by atoms with Crippen LogP contribution < -0.4 is 19.5 Å². The Hall–Kier alpha value is -3.31. The molecule has 0 aliphatic rings. The number of methoxy groups -OCH3 is 1. The van der Waals surface area contributed by atoms with Crippen molar-refractivity contribution < 1.29 is 21.9 Å². The van der Waals surface area contributed by atoms with Crippen LogP contribution in [0, 0.1) is 18.6 Å². The molecule has 11 heteroatoms. The molecule has 0 saturated carbocycles. The van der Waals surface area contributed by atoms with Gasteiger partial charge in [0.2, 0.25) is 0 Å². The van der Waals surface area contributed by atoms with Crippen molar-refractivity contribution in [1.29, 1.82) is 0 Å². The number of halogens is 2. The molecule has 31 heavy (non-hydrogen) atoms. The summed E-state index contributed by atoms with van der Waals surface area (Å²) in [6.45, 7) is 1.80. The SMILES string of the molecule is CNS(=O)(=O)Nc1nccc(Cc2cncc(Nc3ccc(OC)cc3F)c2C)c1F. The Kier molecular flexibility index (Phi) is 6.66. The maximum Gasteiger partial charge on any atom is 0.300 e. The highest BCUT2D eigenvalue weighted by molar-refractivity contribution is 7.90. The van der Waals surface area contributed by atoms with E-state index in [4.69, 9.17) is 4.74 Å². The number of nitrogens with one attached hydrogen (secondary N) is 3. The van der Waals surface area contributed by atoms with Crippen molar-refractivity contribution in [3.8, 4) is 5.75 Å². The first-order valence-corrected chi connectivity index (χ1v) is 10.6. The topological polar surface area (TPSA) is 105 Å². The maximum atomic E-state index is 14.8. The Labute approximate surface area is 178 Å². The van der Waals surface area contributed by atoms with Gasteiger partial charge in [-0.25, -0.2) is 18.5 Å². The molecule has 0 spiro atoms. The van der Waals surface area contributed by atoms with Crippen LogP contribution in [0.5, 0.6) is 5.75 Å². The summed E-state index contributed by atoms with van der Waals surface area (Å²) >= 11 is 0. The lowest BCUT2D eigenvalue weighted by Crippen LogP contribution is -2.27. The average Bonchev–Trinajstić information content (AvgIpc) is 2.74. The van der Waals surface area contributed by atoms with E-state index in [1.54, 1.807) is 25.3 Å². The van der Waals surface area contributed by atoms with Crippen molar-refractivity contribution >= 4 is 27.4 Å². The molecule has 0 saturated heterocycles. The van der Waals surface area contributed by atoms with Gasteiger partial charge < -0.3 is 10.1 Å². The molecule has 1 aromatic carbocycles. The van der Waals surface area contributed by atoms with Crippen LogP contribution in [0.3, 0.4) is 0 Å². The standard InChI is InChI=1S/C20H21F2N5O3S/c1-12-14(8-13-6-7-25-20(19(13)22)27-31(28,29)23-2)10-24-11-18(12)26-17-5-4-15(30-3)9-16(17)21/h4-7,9-11,23,26H,8H2,1-3H3,(H,25,27). The zero-order valence-corrected chi connectivity index (χ0v) is 17.8. The van der Waals surface area contributed by atoms with Gasteiger partial charge in [0.15, 0.2) is 11.6 Å². The number of hydrogen-bond donors (Lipinski definition) is 3. The van der Waals surface area contributed by atoms with Crippen LogP contribution in [0.2, 0.25) is 0 Å². The second kappa shape index (κ2) is 9.23. The van der Waals surface area contributed by atoms with E-state index in [2.05, 4.69) is 15.3 Å². The first kappa shape index (κ1) is 22.4. The van der Waals surface area contributed by atoms with Gasteiger partial charge in [-0.1, -0.05) is 0 Å². The molecule has 0 aliphatic heterocycles. The van der Waals surface area contributed by atoms with Crippen LogP contribution in [0.25, 0.3) is 0 Å². The molecule has 3 rings (SSSR count). The third-order valence-corrected chi connectivity index (χ3v) is 5.61. The third kappa shape index (κ3) is 5.25. The number of rotatable bonds is 8. The van der Waals surface area contributed by atoms with Crippen LogP contribution in [0.15, 0.2) is 42.9 Å². The van der Waals surface area contributed by atoms with Crippen molar-refractivity contribution in [1.82, 2.24) is 14.7 Å². The minimum atomic E-state index is -3.91. The van der Waals surface area contributed by atoms with Gasteiger partial charge in [0.25, 0.3) is 10.2 Å². The lowest BCUT2D eigenvalue weighted by Gasteiger charge is -2.15. The number of pyridine rings is 2. The molecule has 8 nitrogen and oxygen atoms in total. The molecule has 0 fully saturated rings. The van der Waals surface area contributed by atoms with Gasteiger partial charge >= 0.3 is 0 Å². The fraction of sp³-hybridized carbons (Fsp3) is 0.200. The lowest BCUT2D eigenvalue weighted by molar-refractivity contribution is 0.411. The number of hydrogen-bond acceptors (Lipinski definition) is 6. The molecule has 3 aromatic rings. The summed E-state index contributed by atoms with van der Waals surface area (Å²) in [4.78, 5) is 7.90. The summed E-state index contributed by atoms with van der Waals surface area (Å²) in [6.07, 6.45) is 4.55. The highest BCUT2D eigenvalue weighted by Gasteiger charge is 2.17. The molecular weight excluding hydrogens is 428 g/mol. The maximum absolute atomic E-state index is 14.8. The summed E-state index contributed by atoms with van der Waals surface area (Å²) in [6, 6.07) is 5.88. The minimum Gasteiger partial charge on any atom is -0.497 e. The largest absolute Gasteiger partial charge is 0.497 e. The number of benzene rings is 1. The van der Waals surface area contributed by atoms with Gasteiger partial charge in [0.05, 0.1) is 24.7 Å². The molecule has 0 radical (unpaired) electrons. The number of aromatic nitrogens is 2. The van der Waals surface area contributed by atoms with Gasteiger partial charge in [0, 0.05) is 31.9 Å². The van der Waals surface area contributed by atoms with Crippen molar-refractivity contribution in [3.05, 3.63) is 71.2 Å². The Morgan fingerprint density at radius 2 is 1.87 bits per heavy atom. The Morgan fingerprint density at radius 1 is 1.10 bits per heavy atom. The second-order valence-electron chi connectivity index (χ2n) is 6.56. The number of nitrogens with zero attached hydrogens (tertiary/aromatic N) is 2. The fourth-order valence-electron chi connectivity index (χ4n) is 2.82. The highest BCUT2D eigenvalue weighted by Crippen LogP contribution is 2.28. The molecular formula is C20H21F2N5O3S. The van der Waals surface area contributed by atoms with Crippen LogP contribution in [0.4, 0.5) is 26.0 Å². The van der Waals surface area contributed by atoms with Crippen LogP contribution in [-0.4, -0.2) is 32.5 Å². The average molecular weight is 449 g/mol. The number of anilines is 3. The van der Waals surface area contributed by atoms with Crippen LogP contribution >= 0.6 is 0 Å². The van der Waals surface area contributed by atoms with E-state index < -0.39 is 27.7 Å². The van der Waals surface area contributed by atoms with Gasteiger partial charge in [0.1, 0.15) is 11.6 Å². The van der Waals surface area contributed by atoms with Gasteiger partial charge in [-0.3, -0.25) is 9.71 Å². The molecule has 0 atom stereocenters. The Bertz CT molecular complexity index is 1210. The van der Waals surface area contributed by atoms with Crippen molar-refractivity contribution in [2.45, 2.75) is 13.3 Å². The zero-order valence-electron chi connectivity index (χ0n) is 17.0. The lowest BCUT2D eigenvalue weighted by atomic mass is 10.0. The summed E-state index contributed by atoms with van der Waals surface area (Å²) in [7, 11) is -1.26. The minimum absolute atomic E-state index is 0.127. The Balaban J connectivity index is 1.87. The monoisotopic (exact) mass is 449 g/mol. The predicted molar refractivity (Wildman–Crippen MR) is 114 cm³/mol. The zero-order chi connectivity index (χ0) is 22.6. The van der Waals surface area contributed by atoms with E-state index >= 15 is 0 Å². The molecule has 0 amide bonds. The summed E-state index contributed by atoms with van der Waals surface area (Å²) in [5.74, 6) is -1.30. The molecule has 0 bridgehead atoms. The molecule has 0 aliphatic carbocycles. The molecule has 164 valence electrons. The van der Waals surface area contributed by atoms with Gasteiger partial charge in [-0.05, 0) is 41.8 Å². The fourth-order valence-corrected chi connectivity index (χ4v) is 3.32. The molecule has 0 unspecified atom stereocenters. The van der Waals surface area contributed by atoms with Gasteiger partial charge in [-0.15, -0.1) is 0 Å². The van der Waals surface area contributed by atoms with E-state index in [1.165, 1.54) is 38.7 Å². The molecule has 2 heterocycles. The van der Waals surface area contributed by atoms with E-state index in [0.717, 1.165) is 5.56 Å². The molecule has 2 aromatic heterocycles. The van der Waals surface area contributed by atoms with Crippen molar-refractivity contribution in [3.63, 3.8) is 0 Å². The van der Waals surface area contributed by atoms with E-state index in [1.807, 2.05) is 9.44 Å². The van der Waals surface area contributed by atoms with Crippen molar-refractivity contribution in [2.24, 2.45) is 0 Å². The predicted octanol–water partition coefficient (Wildman–Crippen LogP) is 3.28. The second-order valence-corrected chi connectivity index (χ2v) is 8.18. The first-order chi connectivity index (χ1) is 14.7. The van der Waals surface area contributed by atoms with E-state index in [0.29, 0.717) is 17.0 Å². The quantitative estimate of drug-likeness (QED) is 0.488. The third-order valence-electron chi connectivity index (χ3n) is 4.62. The first-order valence-electron chi connectivity index (χ1n) is 9.12. The summed E-state index contributed by atoms with van der Waals surface area (Å²) in [5, 5.41) is 2.98.